The van der Waals surface area contributed by atoms with Gasteiger partial charge in [0, 0.05) is 33.0 Å². The normalized spacial score (nSPS) is 11.5. The summed E-state index contributed by atoms with van der Waals surface area (Å²) in [4.78, 5) is 30.2. The molecule has 0 saturated carbocycles. The molecule has 0 saturated heterocycles. The highest BCUT2D eigenvalue weighted by atomic mass is 35.7. The Morgan fingerprint density at radius 3 is 0.746 bits per heavy atom. The van der Waals surface area contributed by atoms with Crippen LogP contribution in [0, 0.1) is 92.7 Å². The molecule has 0 aromatic heterocycles. The first kappa shape index (κ1) is 113. The summed E-state index contributed by atoms with van der Waals surface area (Å²) < 4.78 is 231. The van der Waals surface area contributed by atoms with Crippen molar-refractivity contribution < 1.29 is 96.2 Å². The molecule has 13 aromatic rings. The van der Waals surface area contributed by atoms with E-state index in [9.17, 15) is 96.3 Å². The molecule has 138 heavy (non-hydrogen) atoms. The Labute approximate surface area is 807 Å². The molecule has 0 aliphatic rings. The van der Waals surface area contributed by atoms with Crippen LogP contribution in [0.15, 0.2) is 335 Å². The summed E-state index contributed by atoms with van der Waals surface area (Å²) in [5.74, 6) is 0. The van der Waals surface area contributed by atoms with Crippen LogP contribution in [0.5, 0.6) is 0 Å². The molecule has 48 heteroatoms. The van der Waals surface area contributed by atoms with Crippen LogP contribution >= 0.6 is 10.7 Å². The van der Waals surface area contributed by atoms with E-state index in [4.69, 9.17) is 48.9 Å². The van der Waals surface area contributed by atoms with Crippen molar-refractivity contribution in [3.05, 3.63) is 372 Å². The van der Waals surface area contributed by atoms with E-state index in [1.165, 1.54) is 127 Å². The van der Waals surface area contributed by atoms with E-state index < -0.39 is 128 Å². The second kappa shape index (κ2) is 49.1. The van der Waals surface area contributed by atoms with Crippen molar-refractivity contribution in [2.45, 2.75) is 125 Å². The topological polar surface area (TPSA) is 639 Å². The molecule has 15 N–H and O–H groups in total. The highest BCUT2D eigenvalue weighted by molar-refractivity contribution is 8.13. The second-order valence-corrected chi connectivity index (χ2v) is 46.2. The van der Waals surface area contributed by atoms with Crippen LogP contribution in [0.25, 0.3) is 0 Å². The first-order valence-electron chi connectivity index (χ1n) is 39.8. The lowest BCUT2D eigenvalue weighted by molar-refractivity contribution is -0.742. The monoisotopic (exact) mass is 2080 g/mol. The van der Waals surface area contributed by atoms with Crippen LogP contribution in [0.3, 0.4) is 0 Å². The number of rotatable bonds is 24. The van der Waals surface area contributed by atoms with Gasteiger partial charge < -0.3 is 32.7 Å². The van der Waals surface area contributed by atoms with Crippen molar-refractivity contribution in [1.82, 2.24) is 0 Å². The third-order valence-corrected chi connectivity index (χ3v) is 31.0. The lowest BCUT2D eigenvalue weighted by atomic mass is 10.2. The number of nitrogens with zero attached hydrogens (tertiary/aromatic N) is 3. The van der Waals surface area contributed by atoms with Gasteiger partial charge in [0.05, 0.1) is 94.5 Å². The zero-order valence-electron chi connectivity index (χ0n) is 75.2. The number of benzene rings is 13. The Bertz CT molecular complexity index is 7170. The highest BCUT2D eigenvalue weighted by Gasteiger charge is 2.31. The predicted octanol–water partition coefficient (Wildman–Crippen LogP) is 16.5. The number of nitro groups is 2. The summed E-state index contributed by atoms with van der Waals surface area (Å²) in [7, 11) is -25.6. The summed E-state index contributed by atoms with van der Waals surface area (Å²) in [5, 5.41) is 36.3. The summed E-state index contributed by atoms with van der Waals surface area (Å²) in [6.07, 6.45) is 0. The molecule has 38 nitrogen and oxygen atoms in total. The number of anilines is 10. The number of halogens is 1. The van der Waals surface area contributed by atoms with E-state index in [2.05, 4.69) is 18.9 Å². The Balaban J connectivity index is 0.000000259. The van der Waals surface area contributed by atoms with Gasteiger partial charge in [-0.2, -0.15) is 0 Å². The standard InChI is InChI=1S/C20H18N4O8S2.C20H22N4O4S2.C20H20N2O4S2.C10H14O2S.C7H7ClO2S.C7H8O2S.C6H8N2.HNO3/c1-13-3-7-15(8-4-13)33(29,30)21-17-11-18(20(24(27)28)12-19(17)23(25)26)22-34(31,32)16-9-5-14(2)6-10-16;1-13-3-7-15(8-4-13)29(25,26)23-19-12-20(18(22)11-17(19)21)24-30(27,28)16-9-5-14(2)6-10-16;1-15-6-10-19(11-7-15)27(23,24)21-17-4-3-5-18(14-17)22-28(25,26)20-12-8-16(2)9-13-20;1-8(2)13(11,12)10-6-4-9(3)5-7-10;1-6-2-4-7(5-3-6)11(8,9)10;1-6-2-4-7(5-3-6)10(8)9;7-5-2-1-3-6(8)4-5;2-1(3)4/h3-12,21-22H,1-2H3;3-12,23-24H,21-22H2,1-2H3;3-14,21-22H,1-2H3;4-8H,1-3H3;2-5H,1H3;2-5H,1H3,(H,8,9);1-4H,7-8H2;(H,2,3,4)/p-1. The third-order valence-electron chi connectivity index (χ3n) is 18.5. The van der Waals surface area contributed by atoms with Crippen molar-refractivity contribution >= 4 is 169 Å². The van der Waals surface area contributed by atoms with E-state index in [1.807, 2.05) is 76.1 Å². The largest absolute Gasteiger partial charge is 0.768 e. The lowest BCUT2D eigenvalue weighted by Crippen LogP contribution is -2.17. The number of aryl methyl sites for hydroxylation is 9. The van der Waals surface area contributed by atoms with Gasteiger partial charge in [0.2, 0.25) is 0 Å². The molecule has 0 spiro atoms. The number of sulfonamides is 6. The molecule has 1 unspecified atom stereocenters. The van der Waals surface area contributed by atoms with Crippen LogP contribution in [0.2, 0.25) is 0 Å². The summed E-state index contributed by atoms with van der Waals surface area (Å²) >= 11 is -2.09. The average Bonchev–Trinajstić information content (AvgIpc) is 0.766. The molecule has 0 heterocycles. The Kier molecular flexibility index (Phi) is 40.0. The molecule has 13 aromatic carbocycles. The molecule has 0 aliphatic heterocycles. The fourth-order valence-corrected chi connectivity index (χ4v) is 19.5. The van der Waals surface area contributed by atoms with Crippen molar-refractivity contribution in [3.8, 4) is 0 Å². The van der Waals surface area contributed by atoms with Gasteiger partial charge in [-0.3, -0.25) is 52.8 Å². The highest BCUT2D eigenvalue weighted by Crippen LogP contribution is 2.39. The molecular weight excluding hydrogens is 1990 g/mol. The van der Waals surface area contributed by atoms with Gasteiger partial charge in [0.1, 0.15) is 11.4 Å². The summed E-state index contributed by atoms with van der Waals surface area (Å²) in [6.45, 7) is 20.0. The molecular formula is C90H97ClN13O25S9-. The fourth-order valence-electron chi connectivity index (χ4n) is 11.0. The van der Waals surface area contributed by atoms with Crippen LogP contribution in [0.4, 0.5) is 68.2 Å². The zero-order chi connectivity index (χ0) is 103. The predicted molar refractivity (Wildman–Crippen MR) is 534 cm³/mol. The first-order valence-corrected chi connectivity index (χ1v) is 53.7. The van der Waals surface area contributed by atoms with Gasteiger partial charge in [-0.15, -0.1) is 10.1 Å². The smallest absolute Gasteiger partial charge is 0.300 e. The van der Waals surface area contributed by atoms with Gasteiger partial charge in [-0.05, 0) is 245 Å². The average molecular weight is 2080 g/mol. The van der Waals surface area contributed by atoms with E-state index in [0.29, 0.717) is 33.3 Å². The molecule has 734 valence electrons. The Morgan fingerprint density at radius 1 is 0.304 bits per heavy atom. The SMILES string of the molecule is Cc1ccc(S(=O)(=O)C(C)C)cc1.Cc1ccc(S(=O)(=O)Cl)cc1.Cc1ccc(S(=O)(=O)Nc2cc(NS(=O)(=O)c3ccc(C)cc3)c(N)cc2N)cc1.Cc1ccc(S(=O)(=O)Nc2cc(NS(=O)(=O)c3ccc(C)cc3)c([N+](=O)[O-])cc2[N+](=O)[O-])cc1.Cc1ccc(S(=O)(=O)Nc2cccc(NS(=O)(=O)c3ccc(C)cc3)c2)cc1.Cc1ccc(S(=O)[O-])cc1.Nc1cccc(N)c1.O=[N+]([O-])O. The molecule has 0 bridgehead atoms. The third kappa shape index (κ3) is 35.5. The van der Waals surface area contributed by atoms with Crippen molar-refractivity contribution in [2.75, 3.05) is 51.3 Å². The van der Waals surface area contributed by atoms with E-state index in [-0.39, 0.29) is 73.6 Å². The number of nitro benzene ring substituents is 2. The first-order chi connectivity index (χ1) is 64.1. The minimum absolute atomic E-state index is 0.00591. The van der Waals surface area contributed by atoms with Gasteiger partial charge in [0.15, 0.2) is 9.84 Å². The van der Waals surface area contributed by atoms with E-state index >= 15 is 0 Å². The molecule has 1 atom stereocenters. The Hall–Kier alpha value is -14.1. The molecule has 0 fully saturated rings. The van der Waals surface area contributed by atoms with Crippen LogP contribution < -0.4 is 51.3 Å². The van der Waals surface area contributed by atoms with Crippen molar-refractivity contribution in [2.24, 2.45) is 0 Å². The summed E-state index contributed by atoms with van der Waals surface area (Å²) in [5.41, 5.74) is 29.9. The van der Waals surface area contributed by atoms with Gasteiger partial charge in [-0.1, -0.05) is 171 Å². The molecule has 13 rings (SSSR count). The maximum atomic E-state index is 12.8. The van der Waals surface area contributed by atoms with Gasteiger partial charge >= 0.3 is 0 Å². The number of hydrogen-bond donors (Lipinski definition) is 11. The zero-order valence-corrected chi connectivity index (χ0v) is 83.3. The number of hydrogen-bond acceptors (Lipinski definition) is 28. The summed E-state index contributed by atoms with van der Waals surface area (Å²) in [6, 6.07) is 73.6. The molecule has 0 aliphatic carbocycles. The van der Waals surface area contributed by atoms with E-state index in [0.717, 1.165) is 50.1 Å². The lowest BCUT2D eigenvalue weighted by Gasteiger charge is -2.15. The minimum Gasteiger partial charge on any atom is -0.768 e. The maximum absolute atomic E-state index is 12.8. The van der Waals surface area contributed by atoms with Gasteiger partial charge in [-0.25, -0.2) is 67.3 Å². The number of nitrogens with one attached hydrogen (secondary N) is 6. The number of nitrogen functional groups attached to an aromatic ring is 4. The maximum Gasteiger partial charge on any atom is 0.300 e. The molecule has 0 amide bonds. The van der Waals surface area contributed by atoms with E-state index in [1.54, 1.807) is 161 Å². The fraction of sp³-hybridized carbons (Fsp3) is 0.133. The minimum atomic E-state index is -4.34. The van der Waals surface area contributed by atoms with Gasteiger partial charge in [0.25, 0.3) is 85.7 Å². The number of sulfone groups is 1. The van der Waals surface area contributed by atoms with Crippen LogP contribution in [0.1, 0.15) is 63.9 Å². The quantitative estimate of drug-likeness (QED) is 0.00880. The second-order valence-electron chi connectivity index (χ2n) is 30.1. The van der Waals surface area contributed by atoms with Crippen molar-refractivity contribution in [3.63, 3.8) is 0 Å². The van der Waals surface area contributed by atoms with Crippen molar-refractivity contribution in [1.29, 1.82) is 0 Å². The molecule has 0 radical (unpaired) electrons. The Morgan fingerprint density at radius 2 is 0.522 bits per heavy atom. The van der Waals surface area contributed by atoms with Crippen LogP contribution in [-0.4, -0.2) is 101 Å². The van der Waals surface area contributed by atoms with Crippen LogP contribution in [-0.2, 0) is 90.1 Å². The number of nitrogens with two attached hydrogens (primary N) is 4.